The summed E-state index contributed by atoms with van der Waals surface area (Å²) >= 11 is 0.974. The second kappa shape index (κ2) is 8.56. The van der Waals surface area contributed by atoms with Gasteiger partial charge in [-0.2, -0.15) is 13.2 Å². The maximum atomic E-state index is 12.4. The fourth-order valence-corrected chi connectivity index (χ4v) is 2.34. The van der Waals surface area contributed by atoms with E-state index in [0.717, 1.165) is 17.8 Å². The molecule has 0 aromatic carbocycles. The highest BCUT2D eigenvalue weighted by Gasteiger charge is 2.30. The van der Waals surface area contributed by atoms with E-state index in [-0.39, 0.29) is 29.8 Å². The third kappa shape index (κ3) is 6.49. The fraction of sp³-hybridized carbons (Fsp3) is 0.267. The molecule has 0 fully saturated rings. The van der Waals surface area contributed by atoms with Crippen molar-refractivity contribution >= 4 is 23.6 Å². The van der Waals surface area contributed by atoms with Gasteiger partial charge in [0.05, 0.1) is 35.7 Å². The summed E-state index contributed by atoms with van der Waals surface area (Å²) in [5, 5.41) is 5.25. The average molecular weight is 373 g/mol. The number of furan rings is 1. The minimum Gasteiger partial charge on any atom is -0.467 e. The number of alkyl halides is 3. The zero-order valence-electron chi connectivity index (χ0n) is 12.8. The molecular weight excluding hydrogens is 359 g/mol. The molecule has 2 aromatic heterocycles. The normalized spacial score (nSPS) is 11.2. The number of hydrogen-bond acceptors (Lipinski definition) is 5. The molecule has 2 amide bonds. The van der Waals surface area contributed by atoms with E-state index in [4.69, 9.17) is 4.42 Å². The number of carbonyl (C=O) groups is 2. The van der Waals surface area contributed by atoms with Crippen LogP contribution in [0.2, 0.25) is 0 Å². The number of hydrogen-bond donors (Lipinski definition) is 2. The summed E-state index contributed by atoms with van der Waals surface area (Å²) in [6.07, 6.45) is -2.26. The first kappa shape index (κ1) is 18.8. The highest BCUT2D eigenvalue weighted by atomic mass is 32.2. The van der Waals surface area contributed by atoms with Gasteiger partial charge in [0.1, 0.15) is 5.76 Å². The minimum absolute atomic E-state index is 0.0656. The van der Waals surface area contributed by atoms with E-state index in [1.807, 2.05) is 0 Å². The molecule has 0 aliphatic heterocycles. The molecule has 0 saturated heterocycles. The first-order valence-corrected chi connectivity index (χ1v) is 8.05. The van der Waals surface area contributed by atoms with Crippen LogP contribution in [0.5, 0.6) is 0 Å². The number of thioether (sulfide) groups is 1. The Labute approximate surface area is 145 Å². The van der Waals surface area contributed by atoms with E-state index in [0.29, 0.717) is 12.0 Å². The second-order valence-electron chi connectivity index (χ2n) is 4.80. The molecule has 2 rings (SSSR count). The van der Waals surface area contributed by atoms with E-state index in [2.05, 4.69) is 15.6 Å². The molecule has 2 N–H and O–H groups in total. The molecule has 0 aliphatic rings. The van der Waals surface area contributed by atoms with Gasteiger partial charge < -0.3 is 15.1 Å². The average Bonchev–Trinajstić information content (AvgIpc) is 3.09. The summed E-state index contributed by atoms with van der Waals surface area (Å²) in [5.41, 5.74) is -0.852. The lowest BCUT2D eigenvalue weighted by molar-refractivity contribution is -0.137. The van der Waals surface area contributed by atoms with Crippen molar-refractivity contribution in [2.24, 2.45) is 0 Å². The third-order valence-corrected chi connectivity index (χ3v) is 3.84. The van der Waals surface area contributed by atoms with Crippen molar-refractivity contribution in [3.05, 3.63) is 48.0 Å². The number of halogens is 3. The van der Waals surface area contributed by atoms with E-state index in [9.17, 15) is 22.8 Å². The molecule has 10 heteroatoms. The maximum Gasteiger partial charge on any atom is 0.417 e. The predicted molar refractivity (Wildman–Crippen MR) is 83.5 cm³/mol. The minimum atomic E-state index is -4.45. The van der Waals surface area contributed by atoms with Crippen molar-refractivity contribution in [1.29, 1.82) is 0 Å². The molecule has 0 spiro atoms. The Kier molecular flexibility index (Phi) is 6.45. The number of amides is 2. The van der Waals surface area contributed by atoms with Gasteiger partial charge >= 0.3 is 6.18 Å². The van der Waals surface area contributed by atoms with Gasteiger partial charge in [0, 0.05) is 6.20 Å². The lowest BCUT2D eigenvalue weighted by atomic mass is 10.3. The quantitative estimate of drug-likeness (QED) is 0.727. The highest BCUT2D eigenvalue weighted by Crippen LogP contribution is 2.29. The molecular formula is C15H14F3N3O3S. The molecule has 0 atom stereocenters. The van der Waals surface area contributed by atoms with Crippen molar-refractivity contribution in [2.45, 2.75) is 17.7 Å². The standard InChI is InChI=1S/C15H14F3N3O3S/c16-15(17,18)10-3-4-14(21-6-10)25-9-13(23)20-8-12(22)19-7-11-2-1-5-24-11/h1-6H,7-9H2,(H,19,22)(H,20,23). The van der Waals surface area contributed by atoms with Crippen LogP contribution < -0.4 is 10.6 Å². The van der Waals surface area contributed by atoms with Gasteiger partial charge in [-0.15, -0.1) is 0 Å². The van der Waals surface area contributed by atoms with Crippen molar-refractivity contribution < 1.29 is 27.2 Å². The van der Waals surface area contributed by atoms with Crippen LogP contribution in [0, 0.1) is 0 Å². The molecule has 0 bridgehead atoms. The summed E-state index contributed by atoms with van der Waals surface area (Å²) in [4.78, 5) is 26.8. The van der Waals surface area contributed by atoms with Gasteiger partial charge in [-0.05, 0) is 24.3 Å². The monoisotopic (exact) mass is 373 g/mol. The number of nitrogens with one attached hydrogen (secondary N) is 2. The zero-order valence-corrected chi connectivity index (χ0v) is 13.6. The van der Waals surface area contributed by atoms with E-state index in [1.165, 1.54) is 12.3 Å². The van der Waals surface area contributed by atoms with Crippen LogP contribution in [0.15, 0.2) is 46.2 Å². The second-order valence-corrected chi connectivity index (χ2v) is 5.80. The van der Waals surface area contributed by atoms with Gasteiger partial charge in [-0.1, -0.05) is 11.8 Å². The summed E-state index contributed by atoms with van der Waals surface area (Å²) in [6.45, 7) is 0.00642. The fourth-order valence-electron chi connectivity index (χ4n) is 1.66. The Morgan fingerprint density at radius 3 is 2.56 bits per heavy atom. The first-order valence-electron chi connectivity index (χ1n) is 7.06. The third-order valence-electron chi connectivity index (χ3n) is 2.90. The summed E-state index contributed by atoms with van der Waals surface area (Å²) < 4.78 is 42.3. The van der Waals surface area contributed by atoms with Crippen molar-refractivity contribution in [3.8, 4) is 0 Å². The number of rotatable bonds is 7. The Balaban J connectivity index is 1.67. The number of pyridine rings is 1. The van der Waals surface area contributed by atoms with Crippen molar-refractivity contribution in [1.82, 2.24) is 15.6 Å². The molecule has 6 nitrogen and oxygen atoms in total. The van der Waals surface area contributed by atoms with Crippen LogP contribution in [0.25, 0.3) is 0 Å². The lowest BCUT2D eigenvalue weighted by Crippen LogP contribution is -2.37. The van der Waals surface area contributed by atoms with E-state index >= 15 is 0 Å². The van der Waals surface area contributed by atoms with Gasteiger partial charge in [0.25, 0.3) is 0 Å². The summed E-state index contributed by atoms with van der Waals surface area (Å²) in [6, 6.07) is 5.48. The molecule has 0 aliphatic carbocycles. The van der Waals surface area contributed by atoms with E-state index in [1.54, 1.807) is 12.1 Å². The zero-order chi connectivity index (χ0) is 18.3. The van der Waals surface area contributed by atoms with Crippen LogP contribution in [0.1, 0.15) is 11.3 Å². The highest BCUT2D eigenvalue weighted by molar-refractivity contribution is 7.99. The largest absolute Gasteiger partial charge is 0.467 e. The molecule has 0 saturated carbocycles. The van der Waals surface area contributed by atoms with Gasteiger partial charge in [-0.3, -0.25) is 9.59 Å². The van der Waals surface area contributed by atoms with Crippen LogP contribution in [0.3, 0.4) is 0 Å². The van der Waals surface area contributed by atoms with E-state index < -0.39 is 17.6 Å². The van der Waals surface area contributed by atoms with Crippen LogP contribution in [-0.2, 0) is 22.3 Å². The number of aromatic nitrogens is 1. The van der Waals surface area contributed by atoms with Gasteiger partial charge in [-0.25, -0.2) is 4.98 Å². The summed E-state index contributed by atoms with van der Waals surface area (Å²) in [5.74, 6) is -0.296. The van der Waals surface area contributed by atoms with Crippen LogP contribution >= 0.6 is 11.8 Å². The maximum absolute atomic E-state index is 12.4. The molecule has 25 heavy (non-hydrogen) atoms. The van der Waals surface area contributed by atoms with Crippen LogP contribution in [0.4, 0.5) is 13.2 Å². The molecule has 2 aromatic rings. The summed E-state index contributed by atoms with van der Waals surface area (Å²) in [7, 11) is 0. The predicted octanol–water partition coefficient (Wildman–Crippen LogP) is 2.22. The first-order chi connectivity index (χ1) is 11.8. The SMILES string of the molecule is O=C(CNC(=O)CSc1ccc(C(F)(F)F)cn1)NCc1ccco1. The number of carbonyl (C=O) groups excluding carboxylic acids is 2. The Bertz CT molecular complexity index is 703. The Morgan fingerprint density at radius 2 is 1.96 bits per heavy atom. The molecule has 0 radical (unpaired) electrons. The van der Waals surface area contributed by atoms with Gasteiger partial charge in [0.15, 0.2) is 0 Å². The van der Waals surface area contributed by atoms with Crippen LogP contribution in [-0.4, -0.2) is 29.1 Å². The van der Waals surface area contributed by atoms with Crippen molar-refractivity contribution in [2.75, 3.05) is 12.3 Å². The molecule has 0 unspecified atom stereocenters. The van der Waals surface area contributed by atoms with Gasteiger partial charge in [0.2, 0.25) is 11.8 Å². The Hall–Kier alpha value is -2.49. The smallest absolute Gasteiger partial charge is 0.417 e. The number of nitrogens with zero attached hydrogens (tertiary/aromatic N) is 1. The molecule has 134 valence electrons. The molecule has 2 heterocycles. The topological polar surface area (TPSA) is 84.2 Å². The van der Waals surface area contributed by atoms with Crippen molar-refractivity contribution in [3.63, 3.8) is 0 Å². The lowest BCUT2D eigenvalue weighted by Gasteiger charge is -2.07. The Morgan fingerprint density at radius 1 is 1.16 bits per heavy atom.